The summed E-state index contributed by atoms with van der Waals surface area (Å²) < 4.78 is 5.20. The highest BCUT2D eigenvalue weighted by Gasteiger charge is 2.08. The molecule has 1 nitrogen and oxygen atoms in total. The van der Waals surface area contributed by atoms with Crippen LogP contribution in [0.5, 0.6) is 5.75 Å². The Morgan fingerprint density at radius 3 is 2.93 bits per heavy atom. The molecule has 0 saturated carbocycles. The predicted molar refractivity (Wildman–Crippen MR) is 58.6 cm³/mol. The summed E-state index contributed by atoms with van der Waals surface area (Å²) in [4.78, 5) is 0. The first-order valence-corrected chi connectivity index (χ1v) is 4.87. The van der Waals surface area contributed by atoms with E-state index in [0.717, 1.165) is 12.2 Å². The fraction of sp³-hybridized carbons (Fsp3) is 0.231. The van der Waals surface area contributed by atoms with Crippen LogP contribution in [-0.4, -0.2) is 7.11 Å². The summed E-state index contributed by atoms with van der Waals surface area (Å²) in [5.41, 5.74) is 1.32. The molecule has 1 unspecified atom stereocenters. The van der Waals surface area contributed by atoms with Crippen LogP contribution >= 0.6 is 0 Å². The van der Waals surface area contributed by atoms with Gasteiger partial charge in [0.05, 0.1) is 7.11 Å². The van der Waals surface area contributed by atoms with Crippen LogP contribution in [0, 0.1) is 0 Å². The van der Waals surface area contributed by atoms with Gasteiger partial charge in [0.2, 0.25) is 0 Å². The zero-order valence-corrected chi connectivity index (χ0v) is 8.31. The summed E-state index contributed by atoms with van der Waals surface area (Å²) in [6, 6.07) is 8.27. The quantitative estimate of drug-likeness (QED) is 0.688. The molecule has 1 aliphatic rings. The van der Waals surface area contributed by atoms with Gasteiger partial charge >= 0.3 is 0 Å². The van der Waals surface area contributed by atoms with Gasteiger partial charge in [0.15, 0.2) is 0 Å². The molecule has 0 radical (unpaired) electrons. The van der Waals surface area contributed by atoms with Gasteiger partial charge in [-0.25, -0.2) is 0 Å². The molecule has 0 bridgehead atoms. The number of benzene rings is 1. The van der Waals surface area contributed by atoms with Gasteiger partial charge in [-0.1, -0.05) is 36.4 Å². The molecule has 1 heteroatoms. The molecule has 14 heavy (non-hydrogen) atoms. The third-order valence-corrected chi connectivity index (χ3v) is 2.50. The van der Waals surface area contributed by atoms with Crippen molar-refractivity contribution in [2.24, 2.45) is 0 Å². The van der Waals surface area contributed by atoms with E-state index in [1.54, 1.807) is 7.11 Å². The second-order valence-electron chi connectivity index (χ2n) is 3.43. The Hall–Kier alpha value is -1.50. The summed E-state index contributed by atoms with van der Waals surface area (Å²) in [6.07, 6.45) is 9.72. The Kier molecular flexibility index (Phi) is 2.68. The van der Waals surface area contributed by atoms with E-state index >= 15 is 0 Å². The minimum absolute atomic E-state index is 0.509. The normalized spacial score (nSPS) is 19.6. The van der Waals surface area contributed by atoms with Gasteiger partial charge in [-0.3, -0.25) is 0 Å². The fourth-order valence-corrected chi connectivity index (χ4v) is 1.70. The number of rotatable bonds is 2. The first-order chi connectivity index (χ1) is 6.90. The topological polar surface area (TPSA) is 9.23 Å². The number of methoxy groups -OCH3 is 1. The van der Waals surface area contributed by atoms with E-state index in [9.17, 15) is 0 Å². The molecule has 0 N–H and O–H groups in total. The van der Waals surface area contributed by atoms with Crippen molar-refractivity contribution in [2.75, 3.05) is 7.11 Å². The average Bonchev–Trinajstić information content (AvgIpc) is 2.30. The van der Waals surface area contributed by atoms with Crippen molar-refractivity contribution in [2.45, 2.75) is 12.3 Å². The van der Waals surface area contributed by atoms with E-state index in [4.69, 9.17) is 4.74 Å². The second kappa shape index (κ2) is 4.14. The van der Waals surface area contributed by atoms with Crippen molar-refractivity contribution in [3.05, 3.63) is 54.1 Å². The van der Waals surface area contributed by atoms with Crippen molar-refractivity contribution in [1.82, 2.24) is 0 Å². The Bertz CT molecular complexity index is 363. The first-order valence-electron chi connectivity index (χ1n) is 4.87. The minimum atomic E-state index is 0.509. The zero-order chi connectivity index (χ0) is 9.80. The van der Waals surface area contributed by atoms with Gasteiger partial charge in [-0.15, -0.1) is 0 Å². The highest BCUT2D eigenvalue weighted by Crippen LogP contribution is 2.26. The molecule has 1 aromatic carbocycles. The van der Waals surface area contributed by atoms with Crippen molar-refractivity contribution in [1.29, 1.82) is 0 Å². The lowest BCUT2D eigenvalue weighted by Gasteiger charge is -2.13. The third-order valence-electron chi connectivity index (χ3n) is 2.50. The van der Waals surface area contributed by atoms with E-state index in [1.165, 1.54) is 5.56 Å². The third kappa shape index (κ3) is 1.87. The smallest absolute Gasteiger partial charge is 0.119 e. The highest BCUT2D eigenvalue weighted by atomic mass is 16.5. The lowest BCUT2D eigenvalue weighted by molar-refractivity contribution is 0.414. The summed E-state index contributed by atoms with van der Waals surface area (Å²) in [6.45, 7) is 0. The van der Waals surface area contributed by atoms with Crippen LogP contribution in [0.3, 0.4) is 0 Å². The van der Waals surface area contributed by atoms with Gasteiger partial charge in [0.25, 0.3) is 0 Å². The molecule has 1 aromatic rings. The Morgan fingerprint density at radius 1 is 1.29 bits per heavy atom. The van der Waals surface area contributed by atoms with Crippen molar-refractivity contribution in [3.8, 4) is 5.75 Å². The highest BCUT2D eigenvalue weighted by molar-refractivity contribution is 5.34. The van der Waals surface area contributed by atoms with E-state index < -0.39 is 0 Å². The summed E-state index contributed by atoms with van der Waals surface area (Å²) >= 11 is 0. The van der Waals surface area contributed by atoms with Crippen molar-refractivity contribution < 1.29 is 4.74 Å². The van der Waals surface area contributed by atoms with E-state index in [2.05, 4.69) is 36.4 Å². The SMILES string of the molecule is COc1cccc(C2C=CC=CC2)c1. The maximum atomic E-state index is 5.20. The molecule has 0 spiro atoms. The van der Waals surface area contributed by atoms with Gasteiger partial charge in [-0.05, 0) is 24.1 Å². The molecule has 0 aliphatic heterocycles. The van der Waals surface area contributed by atoms with E-state index in [-0.39, 0.29) is 0 Å². The molecule has 0 aromatic heterocycles. The molecule has 72 valence electrons. The molecule has 0 fully saturated rings. The Morgan fingerprint density at radius 2 is 2.21 bits per heavy atom. The minimum Gasteiger partial charge on any atom is -0.497 e. The van der Waals surface area contributed by atoms with Crippen LogP contribution in [0.2, 0.25) is 0 Å². The standard InChI is InChI=1S/C13H14O/c1-14-13-9-5-8-12(10-13)11-6-3-2-4-7-11/h2-6,8-11H,7H2,1H3. The lowest BCUT2D eigenvalue weighted by atomic mass is 9.92. The van der Waals surface area contributed by atoms with Crippen LogP contribution in [0.4, 0.5) is 0 Å². The Balaban J connectivity index is 2.23. The van der Waals surface area contributed by atoms with Crippen LogP contribution in [0.15, 0.2) is 48.6 Å². The molecule has 2 rings (SSSR count). The van der Waals surface area contributed by atoms with E-state index in [0.29, 0.717) is 5.92 Å². The fourth-order valence-electron chi connectivity index (χ4n) is 1.70. The molecule has 1 atom stereocenters. The summed E-state index contributed by atoms with van der Waals surface area (Å²) in [7, 11) is 1.70. The molecule has 0 amide bonds. The van der Waals surface area contributed by atoms with Gasteiger partial charge in [-0.2, -0.15) is 0 Å². The van der Waals surface area contributed by atoms with Gasteiger partial charge in [0.1, 0.15) is 5.75 Å². The largest absolute Gasteiger partial charge is 0.497 e. The average molecular weight is 186 g/mol. The molecular formula is C13H14O. The monoisotopic (exact) mass is 186 g/mol. The number of ether oxygens (including phenoxy) is 1. The number of hydrogen-bond acceptors (Lipinski definition) is 1. The number of allylic oxidation sites excluding steroid dienone is 4. The van der Waals surface area contributed by atoms with Crippen molar-refractivity contribution >= 4 is 0 Å². The van der Waals surface area contributed by atoms with Crippen LogP contribution in [-0.2, 0) is 0 Å². The first kappa shape index (κ1) is 9.07. The Labute approximate surface area is 84.7 Å². The summed E-state index contributed by atoms with van der Waals surface area (Å²) in [5, 5.41) is 0. The van der Waals surface area contributed by atoms with Crippen LogP contribution in [0.1, 0.15) is 17.9 Å². The lowest BCUT2D eigenvalue weighted by Crippen LogP contribution is -1.96. The summed E-state index contributed by atoms with van der Waals surface area (Å²) in [5.74, 6) is 1.44. The predicted octanol–water partition coefficient (Wildman–Crippen LogP) is 3.29. The second-order valence-corrected chi connectivity index (χ2v) is 3.43. The maximum Gasteiger partial charge on any atom is 0.119 e. The molecule has 0 saturated heterocycles. The molecule has 0 heterocycles. The number of hydrogen-bond donors (Lipinski definition) is 0. The van der Waals surface area contributed by atoms with Gasteiger partial charge in [0, 0.05) is 5.92 Å². The zero-order valence-electron chi connectivity index (χ0n) is 8.31. The van der Waals surface area contributed by atoms with E-state index in [1.807, 2.05) is 12.1 Å². The van der Waals surface area contributed by atoms with Crippen LogP contribution < -0.4 is 4.74 Å². The maximum absolute atomic E-state index is 5.20. The van der Waals surface area contributed by atoms with Crippen molar-refractivity contribution in [3.63, 3.8) is 0 Å². The van der Waals surface area contributed by atoms with Crippen LogP contribution in [0.25, 0.3) is 0 Å². The van der Waals surface area contributed by atoms with Gasteiger partial charge < -0.3 is 4.74 Å². The molecular weight excluding hydrogens is 172 g/mol. The molecule has 1 aliphatic carbocycles.